The molecule has 4 nitrogen and oxygen atoms in total. The van der Waals surface area contributed by atoms with Gasteiger partial charge in [-0.05, 0) is 51.4 Å². The molecule has 2 heterocycles. The fourth-order valence-corrected chi connectivity index (χ4v) is 3.28. The molecule has 2 fully saturated rings. The van der Waals surface area contributed by atoms with Crippen molar-refractivity contribution < 1.29 is 0 Å². The van der Waals surface area contributed by atoms with E-state index in [2.05, 4.69) is 27.6 Å². The average molecular weight is 240 g/mol. The quantitative estimate of drug-likeness (QED) is 0.523. The number of likely N-dealkylation sites (tertiary alicyclic amines) is 2. The SMILES string of the molecule is CCCN1CCC2(CC1)CN(CCNNC)C2. The maximum absolute atomic E-state index is 3.16. The monoisotopic (exact) mass is 240 g/mol. The second-order valence-corrected chi connectivity index (χ2v) is 5.73. The van der Waals surface area contributed by atoms with E-state index in [1.54, 1.807) is 0 Å². The molecule has 2 aliphatic rings. The standard InChI is InChI=1S/C13H28N4/c1-3-7-16-8-4-13(5-9-16)11-17(12-13)10-6-15-14-2/h14-15H,3-12H2,1-2H3. The summed E-state index contributed by atoms with van der Waals surface area (Å²) >= 11 is 0. The minimum Gasteiger partial charge on any atom is -0.303 e. The average Bonchev–Trinajstić information content (AvgIpc) is 2.30. The van der Waals surface area contributed by atoms with Crippen LogP contribution < -0.4 is 10.9 Å². The van der Waals surface area contributed by atoms with Crippen LogP contribution in [0.4, 0.5) is 0 Å². The lowest BCUT2D eigenvalue weighted by Gasteiger charge is -2.54. The second-order valence-electron chi connectivity index (χ2n) is 5.73. The summed E-state index contributed by atoms with van der Waals surface area (Å²) < 4.78 is 0. The van der Waals surface area contributed by atoms with Crippen LogP contribution in [0.25, 0.3) is 0 Å². The summed E-state index contributed by atoms with van der Waals surface area (Å²) in [5.41, 5.74) is 6.83. The summed E-state index contributed by atoms with van der Waals surface area (Å²) in [7, 11) is 1.93. The Kier molecular flexibility index (Phi) is 4.79. The van der Waals surface area contributed by atoms with E-state index in [-0.39, 0.29) is 0 Å². The van der Waals surface area contributed by atoms with Crippen LogP contribution in [0.1, 0.15) is 26.2 Å². The summed E-state index contributed by atoms with van der Waals surface area (Å²) in [5.74, 6) is 0. The molecule has 0 amide bonds. The van der Waals surface area contributed by atoms with E-state index in [9.17, 15) is 0 Å². The van der Waals surface area contributed by atoms with Crippen LogP contribution >= 0.6 is 0 Å². The van der Waals surface area contributed by atoms with E-state index in [4.69, 9.17) is 0 Å². The highest BCUT2D eigenvalue weighted by Crippen LogP contribution is 2.39. The zero-order chi connectivity index (χ0) is 12.1. The number of rotatable bonds is 6. The van der Waals surface area contributed by atoms with Gasteiger partial charge in [0.2, 0.25) is 0 Å². The Hall–Kier alpha value is -0.160. The van der Waals surface area contributed by atoms with Gasteiger partial charge in [0.25, 0.3) is 0 Å². The molecular formula is C13H28N4. The van der Waals surface area contributed by atoms with Crippen molar-refractivity contribution in [1.29, 1.82) is 0 Å². The third-order valence-corrected chi connectivity index (χ3v) is 4.30. The maximum Gasteiger partial charge on any atom is 0.0228 e. The minimum absolute atomic E-state index is 0.684. The molecule has 0 bridgehead atoms. The maximum atomic E-state index is 3.16. The van der Waals surface area contributed by atoms with Gasteiger partial charge in [-0.1, -0.05) is 6.92 Å². The molecule has 0 unspecified atom stereocenters. The van der Waals surface area contributed by atoms with Gasteiger partial charge in [-0.25, -0.2) is 0 Å². The Morgan fingerprint density at radius 3 is 2.35 bits per heavy atom. The molecule has 0 radical (unpaired) electrons. The normalized spacial score (nSPS) is 25.1. The first-order chi connectivity index (χ1) is 8.28. The van der Waals surface area contributed by atoms with Crippen molar-refractivity contribution in [1.82, 2.24) is 20.7 Å². The van der Waals surface area contributed by atoms with Gasteiger partial charge >= 0.3 is 0 Å². The molecule has 17 heavy (non-hydrogen) atoms. The van der Waals surface area contributed by atoms with Crippen molar-refractivity contribution in [2.45, 2.75) is 26.2 Å². The highest BCUT2D eigenvalue weighted by atomic mass is 15.3. The predicted octanol–water partition coefficient (Wildman–Crippen LogP) is 0.518. The molecule has 0 aromatic heterocycles. The molecule has 4 heteroatoms. The highest BCUT2D eigenvalue weighted by molar-refractivity contribution is 4.98. The van der Waals surface area contributed by atoms with Crippen molar-refractivity contribution in [2.75, 3.05) is 52.9 Å². The van der Waals surface area contributed by atoms with Gasteiger partial charge in [0.15, 0.2) is 0 Å². The van der Waals surface area contributed by atoms with E-state index in [0.29, 0.717) is 5.41 Å². The lowest BCUT2D eigenvalue weighted by Crippen LogP contribution is -2.61. The number of hydrazine groups is 1. The fraction of sp³-hybridized carbons (Fsp3) is 1.00. The van der Waals surface area contributed by atoms with Gasteiger partial charge in [-0.15, -0.1) is 0 Å². The van der Waals surface area contributed by atoms with E-state index in [1.165, 1.54) is 58.5 Å². The van der Waals surface area contributed by atoms with Crippen LogP contribution in [0.15, 0.2) is 0 Å². The number of piperidine rings is 1. The summed E-state index contributed by atoms with van der Waals surface area (Å²) in [4.78, 5) is 5.22. The van der Waals surface area contributed by atoms with E-state index in [1.807, 2.05) is 7.05 Å². The molecule has 0 saturated carbocycles. The third-order valence-electron chi connectivity index (χ3n) is 4.30. The van der Waals surface area contributed by atoms with Gasteiger partial charge < -0.3 is 9.80 Å². The lowest BCUT2D eigenvalue weighted by atomic mass is 9.72. The first-order valence-electron chi connectivity index (χ1n) is 7.12. The Bertz CT molecular complexity index is 215. The van der Waals surface area contributed by atoms with Crippen LogP contribution in [0.5, 0.6) is 0 Å². The van der Waals surface area contributed by atoms with Crippen molar-refractivity contribution in [3.05, 3.63) is 0 Å². The number of nitrogens with zero attached hydrogens (tertiary/aromatic N) is 2. The van der Waals surface area contributed by atoms with Crippen molar-refractivity contribution in [2.24, 2.45) is 5.41 Å². The number of hydrogen-bond donors (Lipinski definition) is 2. The van der Waals surface area contributed by atoms with E-state index < -0.39 is 0 Å². The van der Waals surface area contributed by atoms with E-state index >= 15 is 0 Å². The largest absolute Gasteiger partial charge is 0.303 e. The van der Waals surface area contributed by atoms with Gasteiger partial charge in [0.1, 0.15) is 0 Å². The molecule has 1 spiro atoms. The Balaban J connectivity index is 1.62. The summed E-state index contributed by atoms with van der Waals surface area (Å²) in [6.07, 6.45) is 4.14. The van der Waals surface area contributed by atoms with Crippen molar-refractivity contribution >= 4 is 0 Å². The first-order valence-corrected chi connectivity index (χ1v) is 7.12. The van der Waals surface area contributed by atoms with Gasteiger partial charge in [-0.2, -0.15) is 0 Å². The number of nitrogens with one attached hydrogen (secondary N) is 2. The zero-order valence-corrected chi connectivity index (χ0v) is 11.5. The van der Waals surface area contributed by atoms with Crippen molar-refractivity contribution in [3.63, 3.8) is 0 Å². The van der Waals surface area contributed by atoms with Crippen LogP contribution in [-0.4, -0.2) is 62.7 Å². The van der Waals surface area contributed by atoms with Gasteiger partial charge in [0, 0.05) is 26.2 Å². The summed E-state index contributed by atoms with van der Waals surface area (Å²) in [6, 6.07) is 0. The smallest absolute Gasteiger partial charge is 0.0228 e. The Morgan fingerprint density at radius 1 is 1.06 bits per heavy atom. The molecular weight excluding hydrogens is 212 g/mol. The van der Waals surface area contributed by atoms with E-state index in [0.717, 1.165) is 6.54 Å². The highest BCUT2D eigenvalue weighted by Gasteiger charge is 2.43. The minimum atomic E-state index is 0.684. The molecule has 2 saturated heterocycles. The van der Waals surface area contributed by atoms with Crippen LogP contribution in [0.2, 0.25) is 0 Å². The Labute approximate surface area is 106 Å². The summed E-state index contributed by atoms with van der Waals surface area (Å²) in [5, 5.41) is 0. The Morgan fingerprint density at radius 2 is 1.76 bits per heavy atom. The molecule has 0 aromatic carbocycles. The predicted molar refractivity (Wildman–Crippen MR) is 71.9 cm³/mol. The van der Waals surface area contributed by atoms with Crippen LogP contribution in [0, 0.1) is 5.41 Å². The fourth-order valence-electron chi connectivity index (χ4n) is 3.28. The molecule has 2 aliphatic heterocycles. The molecule has 0 atom stereocenters. The third kappa shape index (κ3) is 3.41. The molecule has 0 aliphatic carbocycles. The van der Waals surface area contributed by atoms with Gasteiger partial charge in [-0.3, -0.25) is 10.9 Å². The zero-order valence-electron chi connectivity index (χ0n) is 11.5. The molecule has 0 aromatic rings. The molecule has 100 valence electrons. The van der Waals surface area contributed by atoms with Crippen LogP contribution in [-0.2, 0) is 0 Å². The summed E-state index contributed by atoms with van der Waals surface area (Å²) in [6.45, 7) is 11.1. The first kappa shape index (κ1) is 13.3. The van der Waals surface area contributed by atoms with Crippen molar-refractivity contribution in [3.8, 4) is 0 Å². The molecule has 2 rings (SSSR count). The number of hydrogen-bond acceptors (Lipinski definition) is 4. The topological polar surface area (TPSA) is 30.5 Å². The van der Waals surface area contributed by atoms with Gasteiger partial charge in [0.05, 0.1) is 0 Å². The van der Waals surface area contributed by atoms with Crippen LogP contribution in [0.3, 0.4) is 0 Å². The lowest BCUT2D eigenvalue weighted by molar-refractivity contribution is -0.0455. The molecule has 2 N–H and O–H groups in total. The second kappa shape index (κ2) is 6.14.